The van der Waals surface area contributed by atoms with E-state index in [4.69, 9.17) is 5.26 Å². The number of nitrogens with one attached hydrogen (secondary N) is 1. The summed E-state index contributed by atoms with van der Waals surface area (Å²) in [6, 6.07) is 2.01. The number of nitriles is 1. The molecule has 0 rings (SSSR count). The van der Waals surface area contributed by atoms with Crippen LogP contribution < -0.4 is 5.32 Å². The zero-order chi connectivity index (χ0) is 10.5. The molecule has 0 spiro atoms. The number of nitrogens with zero attached hydrogens (tertiary/aromatic N) is 1. The standard InChI is InChI=1S/C10H16N2O/c1-5-6-8(2)9(13)12-10(3,4)7-11/h6H,5H2,1-4H3,(H,12,13)/b8-6-. The van der Waals surface area contributed by atoms with Gasteiger partial charge < -0.3 is 5.32 Å². The Bertz CT molecular complexity index is 259. The van der Waals surface area contributed by atoms with Gasteiger partial charge in [-0.15, -0.1) is 0 Å². The number of allylic oxidation sites excluding steroid dienone is 1. The summed E-state index contributed by atoms with van der Waals surface area (Å²) in [5, 5.41) is 11.3. The minimum atomic E-state index is -0.792. The molecule has 0 heterocycles. The summed E-state index contributed by atoms with van der Waals surface area (Å²) in [5.74, 6) is -0.173. The maximum atomic E-state index is 11.4. The summed E-state index contributed by atoms with van der Waals surface area (Å²) in [6.45, 7) is 7.05. The van der Waals surface area contributed by atoms with Crippen LogP contribution in [0.5, 0.6) is 0 Å². The molecule has 1 amide bonds. The highest BCUT2D eigenvalue weighted by molar-refractivity contribution is 5.93. The lowest BCUT2D eigenvalue weighted by atomic mass is 10.1. The van der Waals surface area contributed by atoms with Gasteiger partial charge in [-0.25, -0.2) is 0 Å². The monoisotopic (exact) mass is 180 g/mol. The van der Waals surface area contributed by atoms with E-state index in [2.05, 4.69) is 5.32 Å². The third-order valence-electron chi connectivity index (χ3n) is 1.57. The van der Waals surface area contributed by atoms with E-state index >= 15 is 0 Å². The molecule has 0 saturated carbocycles. The lowest BCUT2D eigenvalue weighted by Crippen LogP contribution is -2.42. The van der Waals surface area contributed by atoms with Crippen molar-refractivity contribution >= 4 is 5.91 Å². The first-order chi connectivity index (χ1) is 5.93. The Morgan fingerprint density at radius 1 is 1.62 bits per heavy atom. The van der Waals surface area contributed by atoms with Gasteiger partial charge in [0, 0.05) is 5.57 Å². The summed E-state index contributed by atoms with van der Waals surface area (Å²) >= 11 is 0. The average Bonchev–Trinajstić information content (AvgIpc) is 2.04. The summed E-state index contributed by atoms with van der Waals surface area (Å²) in [7, 11) is 0. The molecule has 0 aromatic rings. The summed E-state index contributed by atoms with van der Waals surface area (Å²) in [6.07, 6.45) is 2.66. The first-order valence-corrected chi connectivity index (χ1v) is 4.33. The van der Waals surface area contributed by atoms with Crippen LogP contribution in [-0.2, 0) is 4.79 Å². The van der Waals surface area contributed by atoms with Crippen molar-refractivity contribution in [3.8, 4) is 6.07 Å². The first-order valence-electron chi connectivity index (χ1n) is 4.33. The minimum absolute atomic E-state index is 0.173. The summed E-state index contributed by atoms with van der Waals surface area (Å²) in [4.78, 5) is 11.4. The predicted octanol–water partition coefficient (Wildman–Crippen LogP) is 1.76. The van der Waals surface area contributed by atoms with Crippen molar-refractivity contribution in [3.63, 3.8) is 0 Å². The third kappa shape index (κ3) is 4.32. The average molecular weight is 180 g/mol. The fraction of sp³-hybridized carbons (Fsp3) is 0.600. The summed E-state index contributed by atoms with van der Waals surface area (Å²) < 4.78 is 0. The van der Waals surface area contributed by atoms with Crippen molar-refractivity contribution in [2.75, 3.05) is 0 Å². The van der Waals surface area contributed by atoms with Gasteiger partial charge in [-0.2, -0.15) is 5.26 Å². The van der Waals surface area contributed by atoms with E-state index in [1.54, 1.807) is 20.8 Å². The van der Waals surface area contributed by atoms with Crippen LogP contribution in [0, 0.1) is 11.3 Å². The van der Waals surface area contributed by atoms with Crippen LogP contribution >= 0.6 is 0 Å². The SMILES string of the molecule is CC/C=C(/C)C(=O)NC(C)(C)C#N. The number of amides is 1. The van der Waals surface area contributed by atoms with Crippen molar-refractivity contribution in [3.05, 3.63) is 11.6 Å². The van der Waals surface area contributed by atoms with Gasteiger partial charge in [-0.1, -0.05) is 13.0 Å². The maximum absolute atomic E-state index is 11.4. The number of hydrogen-bond acceptors (Lipinski definition) is 2. The fourth-order valence-corrected chi connectivity index (χ4v) is 0.809. The second kappa shape index (κ2) is 4.66. The molecular weight excluding hydrogens is 164 g/mol. The van der Waals surface area contributed by atoms with Gasteiger partial charge in [0.05, 0.1) is 6.07 Å². The second-order valence-electron chi connectivity index (χ2n) is 3.49. The highest BCUT2D eigenvalue weighted by Crippen LogP contribution is 2.02. The predicted molar refractivity (Wildman–Crippen MR) is 51.9 cm³/mol. The molecule has 0 aliphatic heterocycles. The Kier molecular flexibility index (Phi) is 4.19. The fourth-order valence-electron chi connectivity index (χ4n) is 0.809. The smallest absolute Gasteiger partial charge is 0.247 e. The van der Waals surface area contributed by atoms with Crippen molar-refractivity contribution < 1.29 is 4.79 Å². The lowest BCUT2D eigenvalue weighted by molar-refractivity contribution is -0.118. The number of carbonyl (C=O) groups is 1. The van der Waals surface area contributed by atoms with Gasteiger partial charge in [0.1, 0.15) is 5.54 Å². The van der Waals surface area contributed by atoms with E-state index in [0.29, 0.717) is 5.57 Å². The van der Waals surface area contributed by atoms with Gasteiger partial charge >= 0.3 is 0 Å². The highest BCUT2D eigenvalue weighted by Gasteiger charge is 2.19. The van der Waals surface area contributed by atoms with Gasteiger partial charge in [0.2, 0.25) is 5.91 Å². The molecule has 0 saturated heterocycles. The first kappa shape index (κ1) is 11.7. The molecular formula is C10H16N2O. The third-order valence-corrected chi connectivity index (χ3v) is 1.57. The van der Waals surface area contributed by atoms with E-state index in [1.807, 2.05) is 19.1 Å². The Balaban J connectivity index is 4.34. The molecule has 1 N–H and O–H groups in total. The van der Waals surface area contributed by atoms with E-state index in [9.17, 15) is 4.79 Å². The van der Waals surface area contributed by atoms with E-state index in [1.165, 1.54) is 0 Å². The van der Waals surface area contributed by atoms with Crippen LogP contribution in [0.4, 0.5) is 0 Å². The Labute approximate surface area is 79.4 Å². The van der Waals surface area contributed by atoms with Crippen LogP contribution in [0.25, 0.3) is 0 Å². The Morgan fingerprint density at radius 2 is 2.15 bits per heavy atom. The molecule has 0 atom stereocenters. The van der Waals surface area contributed by atoms with Gasteiger partial charge in [-0.05, 0) is 27.2 Å². The topological polar surface area (TPSA) is 52.9 Å². The second-order valence-corrected chi connectivity index (χ2v) is 3.49. The molecule has 0 aromatic carbocycles. The van der Waals surface area contributed by atoms with Crippen LogP contribution in [0.1, 0.15) is 34.1 Å². The molecule has 3 heteroatoms. The van der Waals surface area contributed by atoms with E-state index in [-0.39, 0.29) is 5.91 Å². The maximum Gasteiger partial charge on any atom is 0.247 e. The zero-order valence-electron chi connectivity index (χ0n) is 8.64. The minimum Gasteiger partial charge on any atom is -0.335 e. The Morgan fingerprint density at radius 3 is 2.54 bits per heavy atom. The van der Waals surface area contributed by atoms with Crippen LogP contribution in [-0.4, -0.2) is 11.4 Å². The molecule has 0 bridgehead atoms. The van der Waals surface area contributed by atoms with Crippen LogP contribution in [0.2, 0.25) is 0 Å². The summed E-state index contributed by atoms with van der Waals surface area (Å²) in [5.41, 5.74) is -0.134. The molecule has 3 nitrogen and oxygen atoms in total. The van der Waals surface area contributed by atoms with Gasteiger partial charge in [0.15, 0.2) is 0 Å². The molecule has 0 aromatic heterocycles. The van der Waals surface area contributed by atoms with Gasteiger partial charge in [0.25, 0.3) is 0 Å². The van der Waals surface area contributed by atoms with Crippen molar-refractivity contribution in [2.24, 2.45) is 0 Å². The van der Waals surface area contributed by atoms with E-state index < -0.39 is 5.54 Å². The lowest BCUT2D eigenvalue weighted by Gasteiger charge is -2.17. The molecule has 72 valence electrons. The largest absolute Gasteiger partial charge is 0.335 e. The molecule has 13 heavy (non-hydrogen) atoms. The number of rotatable bonds is 3. The van der Waals surface area contributed by atoms with E-state index in [0.717, 1.165) is 6.42 Å². The quantitative estimate of drug-likeness (QED) is 0.673. The Hall–Kier alpha value is -1.30. The molecule has 0 aliphatic rings. The van der Waals surface area contributed by atoms with Crippen LogP contribution in [0.15, 0.2) is 11.6 Å². The van der Waals surface area contributed by atoms with Gasteiger partial charge in [-0.3, -0.25) is 4.79 Å². The van der Waals surface area contributed by atoms with Crippen molar-refractivity contribution in [1.82, 2.24) is 5.32 Å². The number of hydrogen-bond donors (Lipinski definition) is 1. The number of carbonyl (C=O) groups excluding carboxylic acids is 1. The zero-order valence-corrected chi connectivity index (χ0v) is 8.64. The molecule has 0 radical (unpaired) electrons. The van der Waals surface area contributed by atoms with Crippen molar-refractivity contribution in [2.45, 2.75) is 39.7 Å². The van der Waals surface area contributed by atoms with Crippen molar-refractivity contribution in [1.29, 1.82) is 5.26 Å². The molecule has 0 fully saturated rings. The normalized spacial score (nSPS) is 12.1. The highest BCUT2D eigenvalue weighted by atomic mass is 16.1. The van der Waals surface area contributed by atoms with Crippen LogP contribution in [0.3, 0.4) is 0 Å². The molecule has 0 unspecified atom stereocenters. The molecule has 0 aliphatic carbocycles.